The molecule has 2 aromatic carbocycles. The average Bonchev–Trinajstić information content (AvgIpc) is 2.44. The van der Waals surface area contributed by atoms with Crippen LogP contribution in [0.15, 0.2) is 48.5 Å². The molecule has 2 aromatic rings. The third kappa shape index (κ3) is 3.77. The zero-order valence-corrected chi connectivity index (χ0v) is 10.9. The van der Waals surface area contributed by atoms with Crippen molar-refractivity contribution in [3.05, 3.63) is 70.8 Å². The van der Waals surface area contributed by atoms with Crippen LogP contribution in [-0.2, 0) is 19.3 Å². The lowest BCUT2D eigenvalue weighted by molar-refractivity contribution is 1.17. The molecule has 0 aromatic heterocycles. The molecule has 19 heavy (non-hydrogen) atoms. The summed E-state index contributed by atoms with van der Waals surface area (Å²) in [6.07, 6.45) is 12.9. The highest BCUT2D eigenvalue weighted by atomic mass is 14.0. The van der Waals surface area contributed by atoms with Gasteiger partial charge in [-0.25, -0.2) is 0 Å². The van der Waals surface area contributed by atoms with Crippen LogP contribution in [0.3, 0.4) is 0 Å². The van der Waals surface area contributed by atoms with Crippen LogP contribution in [0.4, 0.5) is 0 Å². The van der Waals surface area contributed by atoms with Crippen LogP contribution in [-0.4, -0.2) is 0 Å². The summed E-state index contributed by atoms with van der Waals surface area (Å²) in [5.74, 6) is 5.31. The third-order valence-corrected chi connectivity index (χ3v) is 3.07. The van der Waals surface area contributed by atoms with Crippen molar-refractivity contribution in [3.8, 4) is 24.7 Å². The highest BCUT2D eigenvalue weighted by molar-refractivity contribution is 5.32. The molecule has 0 spiro atoms. The van der Waals surface area contributed by atoms with Crippen molar-refractivity contribution >= 4 is 0 Å². The highest BCUT2D eigenvalue weighted by Gasteiger charge is 1.98. The first-order valence-corrected chi connectivity index (χ1v) is 6.34. The molecule has 0 atom stereocenters. The second-order valence-electron chi connectivity index (χ2n) is 4.57. The fourth-order valence-electron chi connectivity index (χ4n) is 2.02. The Labute approximate surface area is 115 Å². The van der Waals surface area contributed by atoms with Crippen molar-refractivity contribution in [3.63, 3.8) is 0 Å². The Kier molecular flexibility index (Phi) is 4.44. The van der Waals surface area contributed by atoms with Crippen molar-refractivity contribution < 1.29 is 0 Å². The molecule has 0 aliphatic heterocycles. The molecule has 0 heterocycles. The Hall–Kier alpha value is -2.44. The lowest BCUT2D eigenvalue weighted by atomic mass is 10.0. The van der Waals surface area contributed by atoms with Crippen LogP contribution >= 0.6 is 0 Å². The van der Waals surface area contributed by atoms with Gasteiger partial charge in [-0.3, -0.25) is 0 Å². The predicted octanol–water partition coefficient (Wildman–Crippen LogP) is 3.63. The molecule has 0 saturated carbocycles. The van der Waals surface area contributed by atoms with E-state index in [-0.39, 0.29) is 0 Å². The molecule has 0 aliphatic carbocycles. The van der Waals surface area contributed by atoms with Crippen LogP contribution in [0.25, 0.3) is 0 Å². The van der Waals surface area contributed by atoms with E-state index in [0.29, 0.717) is 12.8 Å². The normalized spacial score (nSPS) is 9.58. The minimum atomic E-state index is 0.696. The Morgan fingerprint density at radius 2 is 0.895 bits per heavy atom. The van der Waals surface area contributed by atoms with Crippen molar-refractivity contribution in [2.45, 2.75) is 19.3 Å². The van der Waals surface area contributed by atoms with Gasteiger partial charge in [-0.1, -0.05) is 48.5 Å². The molecule has 2 rings (SSSR count). The van der Waals surface area contributed by atoms with Gasteiger partial charge in [0, 0.05) is 12.8 Å². The van der Waals surface area contributed by atoms with Crippen LogP contribution in [0.1, 0.15) is 22.3 Å². The van der Waals surface area contributed by atoms with Gasteiger partial charge in [0.15, 0.2) is 0 Å². The molecule has 0 bridgehead atoms. The standard InChI is InChI=1S/C19H16/c1-3-5-16-7-11-18(12-8-16)15-19-13-9-17(6-4-2)10-14-19/h1-2,7-14H,5-6,15H2. The van der Waals surface area contributed by atoms with Gasteiger partial charge < -0.3 is 0 Å². The minimum absolute atomic E-state index is 0.696. The van der Waals surface area contributed by atoms with E-state index in [1.54, 1.807) is 0 Å². The third-order valence-electron chi connectivity index (χ3n) is 3.07. The zero-order chi connectivity index (χ0) is 13.5. The maximum Gasteiger partial charge on any atom is 0.0337 e. The molecule has 0 N–H and O–H groups in total. The minimum Gasteiger partial charge on any atom is -0.120 e. The second kappa shape index (κ2) is 6.48. The first kappa shape index (κ1) is 13.0. The molecule has 0 heteroatoms. The Bertz CT molecular complexity index is 544. The van der Waals surface area contributed by atoms with E-state index < -0.39 is 0 Å². The van der Waals surface area contributed by atoms with E-state index in [1.807, 2.05) is 0 Å². The van der Waals surface area contributed by atoms with Gasteiger partial charge in [0.2, 0.25) is 0 Å². The van der Waals surface area contributed by atoms with Gasteiger partial charge in [0.05, 0.1) is 0 Å². The fraction of sp³-hybridized carbons (Fsp3) is 0.158. The zero-order valence-electron chi connectivity index (χ0n) is 10.9. The lowest BCUT2D eigenvalue weighted by Gasteiger charge is -2.04. The van der Waals surface area contributed by atoms with Crippen LogP contribution in [0.5, 0.6) is 0 Å². The van der Waals surface area contributed by atoms with Crippen molar-refractivity contribution in [1.29, 1.82) is 0 Å². The number of hydrogen-bond donors (Lipinski definition) is 0. The van der Waals surface area contributed by atoms with Crippen LogP contribution in [0, 0.1) is 24.7 Å². The summed E-state index contributed by atoms with van der Waals surface area (Å²) in [4.78, 5) is 0. The smallest absolute Gasteiger partial charge is 0.0337 e. The van der Waals surface area contributed by atoms with Gasteiger partial charge in [-0.2, -0.15) is 0 Å². The number of terminal acetylenes is 2. The molecule has 92 valence electrons. The first-order chi connectivity index (χ1) is 9.31. The average molecular weight is 244 g/mol. The van der Waals surface area contributed by atoms with Crippen LogP contribution in [0.2, 0.25) is 0 Å². The SMILES string of the molecule is C#CCc1ccc(Cc2ccc(CC#C)cc2)cc1. The van der Waals surface area contributed by atoms with E-state index >= 15 is 0 Å². The Balaban J connectivity index is 2.04. The predicted molar refractivity (Wildman–Crippen MR) is 80.8 cm³/mol. The summed E-state index contributed by atoms with van der Waals surface area (Å²) in [5.41, 5.74) is 4.97. The van der Waals surface area contributed by atoms with Crippen molar-refractivity contribution in [2.75, 3.05) is 0 Å². The van der Waals surface area contributed by atoms with Gasteiger partial charge in [0.25, 0.3) is 0 Å². The van der Waals surface area contributed by atoms with E-state index in [9.17, 15) is 0 Å². The molecule has 0 saturated heterocycles. The summed E-state index contributed by atoms with van der Waals surface area (Å²) in [6.45, 7) is 0. The molecule has 0 fully saturated rings. The monoisotopic (exact) mass is 244 g/mol. The summed E-state index contributed by atoms with van der Waals surface area (Å²) in [5, 5.41) is 0. The molecule has 0 amide bonds. The number of rotatable bonds is 4. The largest absolute Gasteiger partial charge is 0.120 e. The quantitative estimate of drug-likeness (QED) is 0.720. The molecular weight excluding hydrogens is 228 g/mol. The summed E-state index contributed by atoms with van der Waals surface area (Å²) >= 11 is 0. The maximum absolute atomic E-state index is 5.30. The van der Waals surface area contributed by atoms with Crippen molar-refractivity contribution in [2.24, 2.45) is 0 Å². The van der Waals surface area contributed by atoms with Gasteiger partial charge in [-0.15, -0.1) is 24.7 Å². The Morgan fingerprint density at radius 1 is 0.579 bits per heavy atom. The second-order valence-corrected chi connectivity index (χ2v) is 4.57. The molecule has 0 aliphatic rings. The van der Waals surface area contributed by atoms with Gasteiger partial charge in [0.1, 0.15) is 0 Å². The maximum atomic E-state index is 5.30. The van der Waals surface area contributed by atoms with E-state index in [2.05, 4.69) is 60.4 Å². The highest BCUT2D eigenvalue weighted by Crippen LogP contribution is 2.12. The molecule has 0 unspecified atom stereocenters. The molecule has 0 radical (unpaired) electrons. The fourth-order valence-corrected chi connectivity index (χ4v) is 2.02. The molecule has 0 nitrogen and oxygen atoms in total. The lowest BCUT2D eigenvalue weighted by Crippen LogP contribution is -1.90. The van der Waals surface area contributed by atoms with Gasteiger partial charge >= 0.3 is 0 Å². The summed E-state index contributed by atoms with van der Waals surface area (Å²) in [6, 6.07) is 17.0. The summed E-state index contributed by atoms with van der Waals surface area (Å²) in [7, 11) is 0. The van der Waals surface area contributed by atoms with Crippen LogP contribution < -0.4 is 0 Å². The number of hydrogen-bond acceptors (Lipinski definition) is 0. The number of benzene rings is 2. The van der Waals surface area contributed by atoms with Gasteiger partial charge in [-0.05, 0) is 28.7 Å². The molecular formula is C19H16. The first-order valence-electron chi connectivity index (χ1n) is 6.34. The van der Waals surface area contributed by atoms with E-state index in [1.165, 1.54) is 22.3 Å². The summed E-state index contributed by atoms with van der Waals surface area (Å²) < 4.78 is 0. The topological polar surface area (TPSA) is 0 Å². The Morgan fingerprint density at radius 3 is 1.21 bits per heavy atom. The van der Waals surface area contributed by atoms with Crippen molar-refractivity contribution in [1.82, 2.24) is 0 Å². The van der Waals surface area contributed by atoms with E-state index in [0.717, 1.165) is 6.42 Å². The van der Waals surface area contributed by atoms with E-state index in [4.69, 9.17) is 12.8 Å².